The maximum absolute atomic E-state index is 13.0. The zero-order valence-electron chi connectivity index (χ0n) is 17.1. The van der Waals surface area contributed by atoms with Crippen molar-refractivity contribution < 1.29 is 9.59 Å². The van der Waals surface area contributed by atoms with Gasteiger partial charge in [-0.25, -0.2) is 0 Å². The highest BCUT2D eigenvalue weighted by Crippen LogP contribution is 2.36. The summed E-state index contributed by atoms with van der Waals surface area (Å²) in [5.41, 5.74) is 3.09. The van der Waals surface area contributed by atoms with Gasteiger partial charge < -0.3 is 10.2 Å². The van der Waals surface area contributed by atoms with E-state index < -0.39 is 0 Å². The number of benzene rings is 2. The molecule has 1 fully saturated rings. The zero-order valence-corrected chi connectivity index (χ0v) is 18.6. The fourth-order valence-electron chi connectivity index (χ4n) is 3.68. The largest absolute Gasteiger partial charge is 0.335 e. The molecular weight excluding hydrogens is 418 g/mol. The second kappa shape index (κ2) is 8.76. The summed E-state index contributed by atoms with van der Waals surface area (Å²) < 4.78 is 1.02. The van der Waals surface area contributed by atoms with Crippen molar-refractivity contribution in [1.82, 2.24) is 9.80 Å². The standard InChI is InChI=1S/C23H24ClN3O2S/c1-15-6-5-8-18(16(15)2)25-20(28)14-26-10-12-27(13-11-26)23(29)22-21(24)17-7-3-4-9-19(17)30-22/h3-9H,10-14H2,1-2H3,(H,25,28). The Kier molecular flexibility index (Phi) is 6.09. The van der Waals surface area contributed by atoms with Gasteiger partial charge in [0.05, 0.1) is 11.6 Å². The molecule has 7 heteroatoms. The Hall–Kier alpha value is -2.41. The Labute approximate surface area is 185 Å². The molecule has 4 rings (SSSR count). The second-order valence-corrected chi connectivity index (χ2v) is 9.04. The Balaban J connectivity index is 1.34. The first kappa shape index (κ1) is 20.8. The van der Waals surface area contributed by atoms with E-state index in [2.05, 4.69) is 10.2 Å². The smallest absolute Gasteiger partial charge is 0.265 e. The minimum Gasteiger partial charge on any atom is -0.335 e. The average Bonchev–Trinajstić information content (AvgIpc) is 3.08. The molecule has 0 radical (unpaired) electrons. The summed E-state index contributed by atoms with van der Waals surface area (Å²) in [6, 6.07) is 13.7. The number of hydrogen-bond acceptors (Lipinski definition) is 4. The summed E-state index contributed by atoms with van der Waals surface area (Å²) in [6.07, 6.45) is 0. The van der Waals surface area contributed by atoms with Crippen molar-refractivity contribution in [3.63, 3.8) is 0 Å². The highest BCUT2D eigenvalue weighted by Gasteiger charge is 2.26. The topological polar surface area (TPSA) is 52.7 Å². The van der Waals surface area contributed by atoms with Crippen molar-refractivity contribution in [2.24, 2.45) is 0 Å². The van der Waals surface area contributed by atoms with E-state index in [1.807, 2.05) is 61.2 Å². The number of anilines is 1. The van der Waals surface area contributed by atoms with E-state index in [0.717, 1.165) is 26.9 Å². The van der Waals surface area contributed by atoms with Crippen LogP contribution in [0.4, 0.5) is 5.69 Å². The number of amides is 2. The molecule has 1 aliphatic rings. The summed E-state index contributed by atoms with van der Waals surface area (Å²) in [5.74, 6) is -0.0586. The summed E-state index contributed by atoms with van der Waals surface area (Å²) in [4.78, 5) is 30.0. The predicted octanol–water partition coefficient (Wildman–Crippen LogP) is 4.57. The van der Waals surface area contributed by atoms with Gasteiger partial charge in [0, 0.05) is 42.0 Å². The average molecular weight is 442 g/mol. The van der Waals surface area contributed by atoms with Gasteiger partial charge in [-0.15, -0.1) is 11.3 Å². The lowest BCUT2D eigenvalue weighted by Gasteiger charge is -2.34. The van der Waals surface area contributed by atoms with E-state index in [4.69, 9.17) is 11.6 Å². The summed E-state index contributed by atoms with van der Waals surface area (Å²) in [7, 11) is 0. The van der Waals surface area contributed by atoms with Crippen LogP contribution in [0.1, 0.15) is 20.8 Å². The molecule has 2 amide bonds. The minimum atomic E-state index is -0.0315. The molecule has 0 bridgehead atoms. The lowest BCUT2D eigenvalue weighted by Crippen LogP contribution is -2.50. The SMILES string of the molecule is Cc1cccc(NC(=O)CN2CCN(C(=O)c3sc4ccccc4c3Cl)CC2)c1C. The van der Waals surface area contributed by atoms with Crippen molar-refractivity contribution in [1.29, 1.82) is 0 Å². The van der Waals surface area contributed by atoms with Crippen LogP contribution in [0.5, 0.6) is 0 Å². The monoisotopic (exact) mass is 441 g/mol. The predicted molar refractivity (Wildman–Crippen MR) is 124 cm³/mol. The van der Waals surface area contributed by atoms with Crippen LogP contribution in [0.15, 0.2) is 42.5 Å². The van der Waals surface area contributed by atoms with Crippen LogP contribution >= 0.6 is 22.9 Å². The van der Waals surface area contributed by atoms with Gasteiger partial charge in [-0.05, 0) is 37.1 Å². The molecule has 2 heterocycles. The lowest BCUT2D eigenvalue weighted by molar-refractivity contribution is -0.117. The van der Waals surface area contributed by atoms with E-state index in [1.54, 1.807) is 0 Å². The van der Waals surface area contributed by atoms with E-state index in [0.29, 0.717) is 42.6 Å². The minimum absolute atomic E-state index is 0.0271. The van der Waals surface area contributed by atoms with Crippen molar-refractivity contribution in [2.45, 2.75) is 13.8 Å². The molecule has 5 nitrogen and oxygen atoms in total. The van der Waals surface area contributed by atoms with Crippen LogP contribution < -0.4 is 5.32 Å². The molecule has 3 aromatic rings. The first-order valence-electron chi connectivity index (χ1n) is 9.99. The van der Waals surface area contributed by atoms with Gasteiger partial charge in [-0.3, -0.25) is 14.5 Å². The third-order valence-electron chi connectivity index (χ3n) is 5.63. The number of fused-ring (bicyclic) bond motifs is 1. The molecule has 0 atom stereocenters. The molecule has 1 aromatic heterocycles. The van der Waals surface area contributed by atoms with Gasteiger partial charge >= 0.3 is 0 Å². The number of thiophene rings is 1. The number of carbonyl (C=O) groups is 2. The molecule has 30 heavy (non-hydrogen) atoms. The number of hydrogen-bond donors (Lipinski definition) is 1. The van der Waals surface area contributed by atoms with Gasteiger partial charge in [0.25, 0.3) is 5.91 Å². The molecular formula is C23H24ClN3O2S. The molecule has 1 saturated heterocycles. The van der Waals surface area contributed by atoms with E-state index in [1.165, 1.54) is 11.3 Å². The lowest BCUT2D eigenvalue weighted by atomic mass is 10.1. The van der Waals surface area contributed by atoms with Gasteiger partial charge in [-0.2, -0.15) is 0 Å². The normalized spacial score (nSPS) is 14.8. The van der Waals surface area contributed by atoms with Crippen molar-refractivity contribution in [2.75, 3.05) is 38.0 Å². The first-order valence-corrected chi connectivity index (χ1v) is 11.2. The van der Waals surface area contributed by atoms with Crippen LogP contribution in [0.25, 0.3) is 10.1 Å². The number of halogens is 1. The molecule has 156 valence electrons. The second-order valence-electron chi connectivity index (χ2n) is 7.61. The van der Waals surface area contributed by atoms with Crippen molar-refractivity contribution in [3.8, 4) is 0 Å². The maximum atomic E-state index is 13.0. The molecule has 1 N–H and O–H groups in total. The Bertz CT molecular complexity index is 1100. The van der Waals surface area contributed by atoms with Gasteiger partial charge in [0.1, 0.15) is 4.88 Å². The Morgan fingerprint density at radius 3 is 2.50 bits per heavy atom. The molecule has 0 saturated carbocycles. The van der Waals surface area contributed by atoms with Gasteiger partial charge in [0.15, 0.2) is 0 Å². The van der Waals surface area contributed by atoms with E-state index in [9.17, 15) is 9.59 Å². The number of aryl methyl sites for hydroxylation is 1. The van der Waals surface area contributed by atoms with Crippen LogP contribution in [0.3, 0.4) is 0 Å². The third-order valence-corrected chi connectivity index (χ3v) is 7.30. The van der Waals surface area contributed by atoms with Crippen LogP contribution in [0.2, 0.25) is 5.02 Å². The summed E-state index contributed by atoms with van der Waals surface area (Å²) in [6.45, 7) is 6.85. The van der Waals surface area contributed by atoms with Crippen molar-refractivity contribution >= 4 is 50.5 Å². The fourth-order valence-corrected chi connectivity index (χ4v) is 5.16. The first-order chi connectivity index (χ1) is 14.4. The maximum Gasteiger partial charge on any atom is 0.265 e. The molecule has 1 aliphatic heterocycles. The number of nitrogens with one attached hydrogen (secondary N) is 1. The molecule has 0 unspecified atom stereocenters. The number of carbonyl (C=O) groups excluding carboxylic acids is 2. The van der Waals surface area contributed by atoms with Gasteiger partial charge in [-0.1, -0.05) is 41.9 Å². The van der Waals surface area contributed by atoms with Crippen LogP contribution in [-0.2, 0) is 4.79 Å². The quantitative estimate of drug-likeness (QED) is 0.645. The molecule has 0 aliphatic carbocycles. The number of rotatable bonds is 4. The molecule has 0 spiro atoms. The Morgan fingerprint density at radius 1 is 1.03 bits per heavy atom. The Morgan fingerprint density at radius 2 is 1.77 bits per heavy atom. The van der Waals surface area contributed by atoms with Crippen LogP contribution in [0, 0.1) is 13.8 Å². The number of nitrogens with zero attached hydrogens (tertiary/aromatic N) is 2. The third kappa shape index (κ3) is 4.21. The zero-order chi connectivity index (χ0) is 21.3. The van der Waals surface area contributed by atoms with Crippen molar-refractivity contribution in [3.05, 3.63) is 63.5 Å². The summed E-state index contributed by atoms with van der Waals surface area (Å²) >= 11 is 7.91. The molecule has 2 aromatic carbocycles. The fraction of sp³-hybridized carbons (Fsp3) is 0.304. The number of piperazine rings is 1. The summed E-state index contributed by atoms with van der Waals surface area (Å²) in [5, 5.41) is 4.47. The highest BCUT2D eigenvalue weighted by molar-refractivity contribution is 7.21. The van der Waals surface area contributed by atoms with Crippen LogP contribution in [-0.4, -0.2) is 54.3 Å². The highest BCUT2D eigenvalue weighted by atomic mass is 35.5. The van der Waals surface area contributed by atoms with Gasteiger partial charge in [0.2, 0.25) is 5.91 Å². The van der Waals surface area contributed by atoms with E-state index in [-0.39, 0.29) is 11.8 Å². The van der Waals surface area contributed by atoms with E-state index >= 15 is 0 Å².